The fraction of sp³-hybridized carbons (Fsp3) is 0.333. The van der Waals surface area contributed by atoms with Crippen molar-refractivity contribution >= 4 is 6.09 Å². The van der Waals surface area contributed by atoms with Crippen LogP contribution >= 0.6 is 0 Å². The minimum atomic E-state index is -0.683. The summed E-state index contributed by atoms with van der Waals surface area (Å²) < 4.78 is 6.09. The molecule has 1 aliphatic heterocycles. The zero-order valence-electron chi connectivity index (χ0n) is 18.7. The van der Waals surface area contributed by atoms with Crippen LogP contribution < -0.4 is 0 Å². The summed E-state index contributed by atoms with van der Waals surface area (Å²) in [6.45, 7) is 4.69. The number of cyclic esters (lactones) is 1. The number of aryl methyl sites for hydroxylation is 1. The maximum Gasteiger partial charge on any atom is 0.411 e. The van der Waals surface area contributed by atoms with E-state index in [2.05, 4.69) is 29.2 Å². The van der Waals surface area contributed by atoms with Crippen LogP contribution in [0.25, 0.3) is 11.3 Å². The van der Waals surface area contributed by atoms with Gasteiger partial charge in [-0.05, 0) is 49.9 Å². The smallest absolute Gasteiger partial charge is 0.411 e. The number of benzene rings is 2. The van der Waals surface area contributed by atoms with Crippen molar-refractivity contribution in [2.45, 2.75) is 44.8 Å². The minimum absolute atomic E-state index is 0.0778. The molecule has 0 radical (unpaired) electrons. The molecule has 0 spiro atoms. The van der Waals surface area contributed by atoms with Gasteiger partial charge in [-0.3, -0.25) is 4.98 Å². The highest BCUT2D eigenvalue weighted by atomic mass is 16.6. The summed E-state index contributed by atoms with van der Waals surface area (Å²) >= 11 is 0. The van der Waals surface area contributed by atoms with Crippen molar-refractivity contribution in [3.63, 3.8) is 0 Å². The van der Waals surface area contributed by atoms with Crippen LogP contribution in [0.4, 0.5) is 4.79 Å². The summed E-state index contributed by atoms with van der Waals surface area (Å²) in [5.41, 5.74) is 4.35. The molecule has 0 bridgehead atoms. The highest BCUT2D eigenvalue weighted by molar-refractivity contribution is 5.70. The molecule has 2 atom stereocenters. The summed E-state index contributed by atoms with van der Waals surface area (Å²) in [4.78, 5) is 19.5. The van der Waals surface area contributed by atoms with Crippen LogP contribution in [0.5, 0.6) is 0 Å². The van der Waals surface area contributed by atoms with Gasteiger partial charge in [-0.1, -0.05) is 60.7 Å². The molecule has 5 nitrogen and oxygen atoms in total. The molecule has 1 aliphatic rings. The molecule has 1 N–H and O–H groups in total. The van der Waals surface area contributed by atoms with Gasteiger partial charge in [-0.25, -0.2) is 4.79 Å². The van der Waals surface area contributed by atoms with E-state index in [1.807, 2.05) is 62.4 Å². The lowest BCUT2D eigenvalue weighted by atomic mass is 9.84. The van der Waals surface area contributed by atoms with E-state index < -0.39 is 5.60 Å². The predicted molar refractivity (Wildman–Crippen MR) is 125 cm³/mol. The fourth-order valence-corrected chi connectivity index (χ4v) is 4.47. The van der Waals surface area contributed by atoms with Gasteiger partial charge in [0.25, 0.3) is 0 Å². The number of aromatic nitrogens is 1. The highest BCUT2D eigenvalue weighted by Gasteiger charge is 2.43. The summed E-state index contributed by atoms with van der Waals surface area (Å²) in [7, 11) is 0. The number of nitrogens with zero attached hydrogens (tertiary/aromatic N) is 2. The Morgan fingerprint density at radius 3 is 2.47 bits per heavy atom. The lowest BCUT2D eigenvalue weighted by molar-refractivity contribution is -0.0680. The van der Waals surface area contributed by atoms with Crippen molar-refractivity contribution in [3.8, 4) is 11.3 Å². The number of carbonyl (C=O) groups is 1. The summed E-state index contributed by atoms with van der Waals surface area (Å²) in [5, 5.41) is 9.38. The molecular weight excluding hydrogens is 400 g/mol. The Kier molecular flexibility index (Phi) is 6.56. The van der Waals surface area contributed by atoms with Gasteiger partial charge in [-0.2, -0.15) is 0 Å². The Labute approximate surface area is 189 Å². The molecule has 5 heteroatoms. The van der Waals surface area contributed by atoms with Crippen LogP contribution in [0.3, 0.4) is 0 Å². The Hall–Kier alpha value is -3.18. The van der Waals surface area contributed by atoms with Gasteiger partial charge in [0, 0.05) is 30.8 Å². The molecule has 3 aromatic rings. The van der Waals surface area contributed by atoms with Gasteiger partial charge in [-0.15, -0.1) is 0 Å². The zero-order valence-corrected chi connectivity index (χ0v) is 18.7. The predicted octanol–water partition coefficient (Wildman–Crippen LogP) is 5.63. The van der Waals surface area contributed by atoms with Gasteiger partial charge in [0.2, 0.25) is 0 Å². The van der Waals surface area contributed by atoms with Crippen LogP contribution in [0.1, 0.15) is 49.0 Å². The molecular formula is C27H30N2O3. The average Bonchev–Trinajstić information content (AvgIpc) is 2.83. The van der Waals surface area contributed by atoms with Gasteiger partial charge < -0.3 is 14.7 Å². The topological polar surface area (TPSA) is 62.7 Å². The first-order valence-corrected chi connectivity index (χ1v) is 11.2. The average molecular weight is 431 g/mol. The van der Waals surface area contributed by atoms with Crippen LogP contribution in [0.15, 0.2) is 72.8 Å². The van der Waals surface area contributed by atoms with Crippen LogP contribution in [-0.2, 0) is 10.3 Å². The summed E-state index contributed by atoms with van der Waals surface area (Å²) in [6.07, 6.45) is 1.58. The number of aliphatic hydroxyl groups is 1. The highest BCUT2D eigenvalue weighted by Crippen LogP contribution is 2.40. The molecule has 1 fully saturated rings. The number of pyridine rings is 1. The van der Waals surface area contributed by atoms with E-state index in [1.165, 1.54) is 0 Å². The molecule has 166 valence electrons. The lowest BCUT2D eigenvalue weighted by Gasteiger charge is -2.43. The maximum absolute atomic E-state index is 13.1. The lowest BCUT2D eigenvalue weighted by Crippen LogP contribution is -2.48. The van der Waals surface area contributed by atoms with Crippen molar-refractivity contribution < 1.29 is 14.6 Å². The largest absolute Gasteiger partial charge is 0.438 e. The molecule has 4 rings (SSSR count). The molecule has 1 aromatic heterocycles. The standard InChI is InChI=1S/C27H30N2O3/c1-20-8-6-11-25(28-20)23-14-12-22(13-15-23)21(2)29-18-17-27(16-7-19-30,32-26(29)31)24-9-4-3-5-10-24/h3-6,8-15,21,30H,7,16-19H2,1-2H3/t21-,27?/m0/s1. The molecule has 1 unspecified atom stereocenters. The third kappa shape index (κ3) is 4.53. The molecule has 2 heterocycles. The van der Waals surface area contributed by atoms with Crippen molar-refractivity contribution in [3.05, 3.63) is 89.6 Å². The molecule has 1 saturated heterocycles. The minimum Gasteiger partial charge on any atom is -0.438 e. The number of amides is 1. The van der Waals surface area contributed by atoms with E-state index in [0.717, 1.165) is 28.1 Å². The number of aliphatic hydroxyl groups excluding tert-OH is 1. The van der Waals surface area contributed by atoms with E-state index >= 15 is 0 Å². The molecule has 2 aromatic carbocycles. The number of carbonyl (C=O) groups excluding carboxylic acids is 1. The van der Waals surface area contributed by atoms with Gasteiger partial charge >= 0.3 is 6.09 Å². The summed E-state index contributed by atoms with van der Waals surface area (Å²) in [6, 6.07) is 24.0. The number of rotatable bonds is 7. The van der Waals surface area contributed by atoms with E-state index in [9.17, 15) is 9.90 Å². The van der Waals surface area contributed by atoms with Crippen molar-refractivity contribution in [1.82, 2.24) is 9.88 Å². The van der Waals surface area contributed by atoms with Gasteiger partial charge in [0.1, 0.15) is 5.60 Å². The maximum atomic E-state index is 13.1. The van der Waals surface area contributed by atoms with E-state index in [1.54, 1.807) is 4.90 Å². The van der Waals surface area contributed by atoms with Crippen LogP contribution in [0, 0.1) is 6.92 Å². The molecule has 0 aliphatic carbocycles. The van der Waals surface area contributed by atoms with Gasteiger partial charge in [0.05, 0.1) is 11.7 Å². The second-order valence-electron chi connectivity index (χ2n) is 8.46. The third-order valence-corrected chi connectivity index (χ3v) is 6.36. The normalized spacial score (nSPS) is 19.5. The first-order chi connectivity index (χ1) is 15.5. The number of ether oxygens (including phenoxy) is 1. The van der Waals surface area contributed by atoms with Gasteiger partial charge in [0.15, 0.2) is 0 Å². The van der Waals surface area contributed by atoms with Crippen LogP contribution in [-0.4, -0.2) is 34.2 Å². The zero-order chi connectivity index (χ0) is 22.6. The van der Waals surface area contributed by atoms with E-state index in [-0.39, 0.29) is 18.7 Å². The molecule has 0 saturated carbocycles. The first kappa shape index (κ1) is 22.0. The summed E-state index contributed by atoms with van der Waals surface area (Å²) in [5.74, 6) is 0. The number of hydrogen-bond acceptors (Lipinski definition) is 4. The van der Waals surface area contributed by atoms with Crippen LogP contribution in [0.2, 0.25) is 0 Å². The third-order valence-electron chi connectivity index (χ3n) is 6.36. The van der Waals surface area contributed by atoms with Crippen molar-refractivity contribution in [2.24, 2.45) is 0 Å². The second kappa shape index (κ2) is 9.53. The van der Waals surface area contributed by atoms with Crippen molar-refractivity contribution in [2.75, 3.05) is 13.2 Å². The number of hydrogen-bond donors (Lipinski definition) is 1. The SMILES string of the molecule is Cc1cccc(-c2ccc([C@H](C)N3CCC(CCCO)(c4ccccc4)OC3=O)cc2)n1. The monoisotopic (exact) mass is 430 g/mol. The van der Waals surface area contributed by atoms with Crippen molar-refractivity contribution in [1.29, 1.82) is 0 Å². The second-order valence-corrected chi connectivity index (χ2v) is 8.46. The molecule has 32 heavy (non-hydrogen) atoms. The Bertz CT molecular complexity index is 1050. The Balaban J connectivity index is 1.51. The first-order valence-electron chi connectivity index (χ1n) is 11.2. The molecule has 1 amide bonds. The fourth-order valence-electron chi connectivity index (χ4n) is 4.47. The Morgan fingerprint density at radius 1 is 1.06 bits per heavy atom. The Morgan fingerprint density at radius 2 is 1.81 bits per heavy atom. The van der Waals surface area contributed by atoms with E-state index in [0.29, 0.717) is 25.8 Å². The quantitative estimate of drug-likeness (QED) is 0.528. The van der Waals surface area contributed by atoms with E-state index in [4.69, 9.17) is 4.74 Å².